The molecule has 0 radical (unpaired) electrons. The lowest BCUT2D eigenvalue weighted by atomic mass is 9.73. The molecule has 0 amide bonds. The first kappa shape index (κ1) is 21.3. The average Bonchev–Trinajstić information content (AvgIpc) is 2.80. The minimum absolute atomic E-state index is 0.0655. The van der Waals surface area contributed by atoms with Crippen molar-refractivity contribution in [2.45, 2.75) is 77.2 Å². The first-order chi connectivity index (χ1) is 15.5. The van der Waals surface area contributed by atoms with Crippen LogP contribution in [-0.2, 0) is 16.7 Å². The molecule has 5 nitrogen and oxygen atoms in total. The molecule has 0 bridgehead atoms. The Kier molecular flexibility index (Phi) is 5.60. The molecule has 1 saturated carbocycles. The molecule has 3 aliphatic rings. The molecule has 2 aromatic rings. The Morgan fingerprint density at radius 1 is 1.03 bits per heavy atom. The fourth-order valence-electron chi connectivity index (χ4n) is 6.16. The van der Waals surface area contributed by atoms with Crippen molar-refractivity contribution in [3.05, 3.63) is 51.3 Å². The van der Waals surface area contributed by atoms with Gasteiger partial charge in [-0.05, 0) is 75.6 Å². The fourth-order valence-corrected chi connectivity index (χ4v) is 6.16. The third kappa shape index (κ3) is 3.56. The summed E-state index contributed by atoms with van der Waals surface area (Å²) in [5.41, 5.74) is 5.92. The molecule has 1 aromatic heterocycles. The van der Waals surface area contributed by atoms with E-state index in [1.165, 1.54) is 55.3 Å². The minimum Gasteiger partial charge on any atom is -0.462 e. The molecule has 1 saturated heterocycles. The van der Waals surface area contributed by atoms with E-state index in [-0.39, 0.29) is 23.1 Å². The number of esters is 1. The number of nitrogens with zero attached hydrogens (tertiary/aromatic N) is 2. The molecule has 0 N–H and O–H groups in total. The van der Waals surface area contributed by atoms with Gasteiger partial charge in [0.1, 0.15) is 5.56 Å². The van der Waals surface area contributed by atoms with E-state index in [4.69, 9.17) is 4.74 Å². The number of benzene rings is 1. The molecule has 32 heavy (non-hydrogen) atoms. The summed E-state index contributed by atoms with van der Waals surface area (Å²) >= 11 is 0. The van der Waals surface area contributed by atoms with Crippen molar-refractivity contribution in [3.63, 3.8) is 0 Å². The Balaban J connectivity index is 1.67. The average molecular weight is 435 g/mol. The number of hydrogen-bond donors (Lipinski definition) is 0. The van der Waals surface area contributed by atoms with Gasteiger partial charge in [-0.3, -0.25) is 4.79 Å². The molecule has 1 aliphatic carbocycles. The first-order valence-electron chi connectivity index (χ1n) is 12.4. The SMILES string of the molecule is CCOC(=O)c1cn2c(cc1=O)-c1cc(C)c(N3CCCCC3)cc1CC21CCCCC1. The van der Waals surface area contributed by atoms with Crippen molar-refractivity contribution >= 4 is 11.7 Å². The second-order valence-corrected chi connectivity index (χ2v) is 9.83. The number of aryl methyl sites for hydroxylation is 1. The van der Waals surface area contributed by atoms with E-state index in [0.717, 1.165) is 43.6 Å². The van der Waals surface area contributed by atoms with Crippen LogP contribution < -0.4 is 10.3 Å². The van der Waals surface area contributed by atoms with Crippen LogP contribution in [0.3, 0.4) is 0 Å². The van der Waals surface area contributed by atoms with Crippen LogP contribution in [0.5, 0.6) is 0 Å². The summed E-state index contributed by atoms with van der Waals surface area (Å²) < 4.78 is 7.46. The minimum atomic E-state index is -0.513. The number of aromatic nitrogens is 1. The molecule has 0 unspecified atom stereocenters. The van der Waals surface area contributed by atoms with Crippen molar-refractivity contribution in [2.75, 3.05) is 24.6 Å². The molecule has 3 heterocycles. The molecule has 1 spiro atoms. The summed E-state index contributed by atoms with van der Waals surface area (Å²) in [5.74, 6) is -0.513. The Bertz CT molecular complexity index is 1090. The van der Waals surface area contributed by atoms with Crippen LogP contribution in [0.25, 0.3) is 11.3 Å². The van der Waals surface area contributed by atoms with Crippen molar-refractivity contribution in [2.24, 2.45) is 0 Å². The summed E-state index contributed by atoms with van der Waals surface area (Å²) in [4.78, 5) is 28.0. The van der Waals surface area contributed by atoms with E-state index in [9.17, 15) is 9.59 Å². The van der Waals surface area contributed by atoms with E-state index in [0.29, 0.717) is 0 Å². The standard InChI is InChI=1S/C27H34N2O3/c1-3-32-26(31)22-18-29-24(16-25(22)30)21-14-19(2)23(28-12-8-5-9-13-28)15-20(21)17-27(29)10-6-4-7-11-27/h14-16,18H,3-13,17H2,1-2H3. The first-order valence-corrected chi connectivity index (χ1v) is 12.4. The van der Waals surface area contributed by atoms with E-state index in [1.54, 1.807) is 19.2 Å². The second-order valence-electron chi connectivity index (χ2n) is 9.83. The maximum absolute atomic E-state index is 13.0. The maximum Gasteiger partial charge on any atom is 0.343 e. The molecule has 5 rings (SSSR count). The molecule has 1 aromatic carbocycles. The lowest BCUT2D eigenvalue weighted by molar-refractivity contribution is 0.0522. The van der Waals surface area contributed by atoms with Crippen molar-refractivity contribution in [1.29, 1.82) is 0 Å². The van der Waals surface area contributed by atoms with Crippen molar-refractivity contribution < 1.29 is 9.53 Å². The summed E-state index contributed by atoms with van der Waals surface area (Å²) in [6, 6.07) is 6.35. The highest BCUT2D eigenvalue weighted by Crippen LogP contribution is 2.47. The van der Waals surface area contributed by atoms with Crippen molar-refractivity contribution in [3.8, 4) is 11.3 Å². The van der Waals surface area contributed by atoms with Gasteiger partial charge in [-0.15, -0.1) is 0 Å². The van der Waals surface area contributed by atoms with Gasteiger partial charge in [0.15, 0.2) is 5.43 Å². The predicted molar refractivity (Wildman–Crippen MR) is 128 cm³/mol. The molecular formula is C27H34N2O3. The maximum atomic E-state index is 13.0. The quantitative estimate of drug-likeness (QED) is 0.623. The van der Waals surface area contributed by atoms with Gasteiger partial charge in [0.05, 0.1) is 12.3 Å². The van der Waals surface area contributed by atoms with Gasteiger partial charge in [-0.2, -0.15) is 0 Å². The summed E-state index contributed by atoms with van der Waals surface area (Å²) in [6.07, 6.45) is 12.4. The zero-order valence-corrected chi connectivity index (χ0v) is 19.4. The third-order valence-corrected chi connectivity index (χ3v) is 7.76. The van der Waals surface area contributed by atoms with Gasteiger partial charge in [-0.25, -0.2) is 4.79 Å². The van der Waals surface area contributed by atoms with Crippen LogP contribution in [0, 0.1) is 6.92 Å². The van der Waals surface area contributed by atoms with Gasteiger partial charge in [-0.1, -0.05) is 19.3 Å². The number of carbonyl (C=O) groups excluding carboxylic acids is 1. The summed E-state index contributed by atoms with van der Waals surface area (Å²) in [5, 5.41) is 0. The van der Waals surface area contributed by atoms with Crippen LogP contribution in [0.15, 0.2) is 29.2 Å². The highest BCUT2D eigenvalue weighted by molar-refractivity contribution is 5.89. The Morgan fingerprint density at radius 3 is 2.47 bits per heavy atom. The lowest BCUT2D eigenvalue weighted by Crippen LogP contribution is -2.43. The second kappa shape index (κ2) is 8.42. The zero-order valence-electron chi connectivity index (χ0n) is 19.4. The summed E-state index contributed by atoms with van der Waals surface area (Å²) in [7, 11) is 0. The molecule has 170 valence electrons. The fraction of sp³-hybridized carbons (Fsp3) is 0.556. The van der Waals surface area contributed by atoms with Crippen LogP contribution in [0.2, 0.25) is 0 Å². The zero-order chi connectivity index (χ0) is 22.3. The van der Waals surface area contributed by atoms with E-state index < -0.39 is 5.97 Å². The topological polar surface area (TPSA) is 51.5 Å². The number of anilines is 1. The molecule has 0 atom stereocenters. The van der Waals surface area contributed by atoms with Crippen LogP contribution >= 0.6 is 0 Å². The number of piperidine rings is 1. The van der Waals surface area contributed by atoms with Gasteiger partial charge in [0.2, 0.25) is 0 Å². The molecule has 5 heteroatoms. The normalized spacial score (nSPS) is 19.4. The number of ether oxygens (including phenoxy) is 1. The van der Waals surface area contributed by atoms with E-state index >= 15 is 0 Å². The Labute approximate surface area is 190 Å². The van der Waals surface area contributed by atoms with Gasteiger partial charge in [0, 0.05) is 42.1 Å². The third-order valence-electron chi connectivity index (χ3n) is 7.76. The monoisotopic (exact) mass is 434 g/mol. The highest BCUT2D eigenvalue weighted by Gasteiger charge is 2.40. The smallest absolute Gasteiger partial charge is 0.343 e. The molecule has 2 fully saturated rings. The van der Waals surface area contributed by atoms with Crippen LogP contribution in [0.4, 0.5) is 5.69 Å². The van der Waals surface area contributed by atoms with Crippen LogP contribution in [0.1, 0.15) is 79.8 Å². The van der Waals surface area contributed by atoms with Crippen molar-refractivity contribution in [1.82, 2.24) is 4.57 Å². The van der Waals surface area contributed by atoms with E-state index in [2.05, 4.69) is 28.5 Å². The lowest BCUT2D eigenvalue weighted by Gasteiger charge is -2.45. The Morgan fingerprint density at radius 2 is 1.75 bits per heavy atom. The Hall–Kier alpha value is -2.56. The predicted octanol–water partition coefficient (Wildman–Crippen LogP) is 5.21. The number of rotatable bonds is 3. The number of carbonyl (C=O) groups is 1. The van der Waals surface area contributed by atoms with Gasteiger partial charge < -0.3 is 14.2 Å². The number of pyridine rings is 1. The van der Waals surface area contributed by atoms with Gasteiger partial charge in [0.25, 0.3) is 0 Å². The van der Waals surface area contributed by atoms with Gasteiger partial charge >= 0.3 is 5.97 Å². The van der Waals surface area contributed by atoms with Crippen LogP contribution in [-0.4, -0.2) is 30.2 Å². The largest absolute Gasteiger partial charge is 0.462 e. The molecule has 2 aliphatic heterocycles. The van der Waals surface area contributed by atoms with E-state index in [1.807, 2.05) is 0 Å². The molecular weight excluding hydrogens is 400 g/mol. The number of hydrogen-bond acceptors (Lipinski definition) is 4. The summed E-state index contributed by atoms with van der Waals surface area (Å²) in [6.45, 7) is 6.49. The highest BCUT2D eigenvalue weighted by atomic mass is 16.5. The number of fused-ring (bicyclic) bond motifs is 4.